The minimum Gasteiger partial charge on any atom is -0.348 e. The molecule has 104 valence electrons. The first-order valence-corrected chi connectivity index (χ1v) is 7.07. The Morgan fingerprint density at radius 2 is 1.75 bits per heavy atom. The van der Waals surface area contributed by atoms with Crippen LogP contribution in [0.4, 0.5) is 0 Å². The molecule has 0 aliphatic rings. The molecule has 0 heterocycles. The van der Waals surface area contributed by atoms with Gasteiger partial charge in [-0.25, -0.2) is 0 Å². The highest BCUT2D eigenvalue weighted by Gasteiger charge is 2.08. The van der Waals surface area contributed by atoms with Crippen LogP contribution in [0.25, 0.3) is 0 Å². The predicted octanol–water partition coefficient (Wildman–Crippen LogP) is 4.39. The molecule has 0 aliphatic carbocycles. The van der Waals surface area contributed by atoms with E-state index in [2.05, 4.69) is 31.3 Å². The molecule has 2 aromatic rings. The molecule has 0 saturated carbocycles. The van der Waals surface area contributed by atoms with Crippen molar-refractivity contribution in [1.29, 1.82) is 0 Å². The second-order valence-electron chi connectivity index (χ2n) is 5.04. The molecule has 0 aliphatic heterocycles. The lowest BCUT2D eigenvalue weighted by molar-refractivity contribution is 0.0951. The van der Waals surface area contributed by atoms with Gasteiger partial charge in [-0.3, -0.25) is 4.79 Å². The monoisotopic (exact) mass is 287 g/mol. The third-order valence-electron chi connectivity index (χ3n) is 3.22. The Hall–Kier alpha value is -1.80. The molecule has 20 heavy (non-hydrogen) atoms. The van der Waals surface area contributed by atoms with Crippen LogP contribution in [0, 0.1) is 0 Å². The van der Waals surface area contributed by atoms with Gasteiger partial charge in [-0.2, -0.15) is 0 Å². The van der Waals surface area contributed by atoms with E-state index < -0.39 is 0 Å². The molecule has 3 heteroatoms. The van der Waals surface area contributed by atoms with E-state index in [0.717, 1.165) is 5.56 Å². The van der Waals surface area contributed by atoms with Crippen LogP contribution in [0.3, 0.4) is 0 Å². The first kappa shape index (κ1) is 14.6. The lowest BCUT2D eigenvalue weighted by Crippen LogP contribution is -2.23. The summed E-state index contributed by atoms with van der Waals surface area (Å²) in [6, 6.07) is 15.1. The molecular formula is C17H18ClNO. The standard InChI is InChI=1S/C17H18ClNO/c1-12(2)16-6-4-3-5-14(16)11-19-17(20)13-7-9-15(18)10-8-13/h3-10,12H,11H2,1-2H3,(H,19,20). The quantitative estimate of drug-likeness (QED) is 0.887. The maximum absolute atomic E-state index is 12.1. The van der Waals surface area contributed by atoms with Crippen molar-refractivity contribution in [2.45, 2.75) is 26.3 Å². The normalized spacial score (nSPS) is 10.6. The van der Waals surface area contributed by atoms with Gasteiger partial charge in [0.2, 0.25) is 0 Å². The van der Waals surface area contributed by atoms with E-state index in [9.17, 15) is 4.79 Å². The highest BCUT2D eigenvalue weighted by Crippen LogP contribution is 2.19. The fourth-order valence-electron chi connectivity index (χ4n) is 2.14. The average molecular weight is 288 g/mol. The summed E-state index contributed by atoms with van der Waals surface area (Å²) in [7, 11) is 0. The Labute approximate surface area is 124 Å². The van der Waals surface area contributed by atoms with Crippen molar-refractivity contribution in [2.75, 3.05) is 0 Å². The predicted molar refractivity (Wildman–Crippen MR) is 83.2 cm³/mol. The van der Waals surface area contributed by atoms with Crippen LogP contribution in [-0.2, 0) is 6.54 Å². The number of carbonyl (C=O) groups excluding carboxylic acids is 1. The number of nitrogens with one attached hydrogen (secondary N) is 1. The third-order valence-corrected chi connectivity index (χ3v) is 3.47. The molecule has 0 saturated heterocycles. The van der Waals surface area contributed by atoms with Crippen molar-refractivity contribution in [1.82, 2.24) is 5.32 Å². The van der Waals surface area contributed by atoms with Gasteiger partial charge in [-0.1, -0.05) is 49.7 Å². The van der Waals surface area contributed by atoms with E-state index in [1.54, 1.807) is 24.3 Å². The maximum atomic E-state index is 12.1. The van der Waals surface area contributed by atoms with Gasteiger partial charge in [0.05, 0.1) is 0 Å². The van der Waals surface area contributed by atoms with Gasteiger partial charge in [0.25, 0.3) is 5.91 Å². The summed E-state index contributed by atoms with van der Waals surface area (Å²) >= 11 is 5.81. The number of benzene rings is 2. The molecule has 0 fully saturated rings. The van der Waals surface area contributed by atoms with Crippen LogP contribution in [0.2, 0.25) is 5.02 Å². The highest BCUT2D eigenvalue weighted by molar-refractivity contribution is 6.30. The van der Waals surface area contributed by atoms with Crippen LogP contribution < -0.4 is 5.32 Å². The number of hydrogen-bond acceptors (Lipinski definition) is 1. The third kappa shape index (κ3) is 3.61. The minimum atomic E-state index is -0.0831. The zero-order chi connectivity index (χ0) is 14.5. The van der Waals surface area contributed by atoms with E-state index in [-0.39, 0.29) is 5.91 Å². The second-order valence-corrected chi connectivity index (χ2v) is 5.48. The minimum absolute atomic E-state index is 0.0831. The van der Waals surface area contributed by atoms with Gasteiger partial charge in [0.1, 0.15) is 0 Å². The van der Waals surface area contributed by atoms with Gasteiger partial charge >= 0.3 is 0 Å². The summed E-state index contributed by atoms with van der Waals surface area (Å²) < 4.78 is 0. The fourth-order valence-corrected chi connectivity index (χ4v) is 2.26. The van der Waals surface area contributed by atoms with Crippen molar-refractivity contribution >= 4 is 17.5 Å². The van der Waals surface area contributed by atoms with Crippen LogP contribution in [0.5, 0.6) is 0 Å². The molecule has 2 rings (SSSR count). The van der Waals surface area contributed by atoms with Gasteiger partial charge in [0, 0.05) is 17.1 Å². The summed E-state index contributed by atoms with van der Waals surface area (Å²) in [5.74, 6) is 0.360. The highest BCUT2D eigenvalue weighted by atomic mass is 35.5. The van der Waals surface area contributed by atoms with Crippen molar-refractivity contribution in [3.63, 3.8) is 0 Å². The fraction of sp³-hybridized carbons (Fsp3) is 0.235. The summed E-state index contributed by atoms with van der Waals surface area (Å²) in [5.41, 5.74) is 3.05. The summed E-state index contributed by atoms with van der Waals surface area (Å²) in [4.78, 5) is 12.1. The van der Waals surface area contributed by atoms with Crippen molar-refractivity contribution < 1.29 is 4.79 Å². The molecule has 0 bridgehead atoms. The zero-order valence-electron chi connectivity index (χ0n) is 11.7. The molecule has 1 N–H and O–H groups in total. The van der Waals surface area contributed by atoms with Gasteiger partial charge in [0.15, 0.2) is 0 Å². The van der Waals surface area contributed by atoms with E-state index >= 15 is 0 Å². The Morgan fingerprint density at radius 3 is 2.40 bits per heavy atom. The average Bonchev–Trinajstić information content (AvgIpc) is 2.45. The maximum Gasteiger partial charge on any atom is 0.251 e. The molecule has 0 spiro atoms. The van der Waals surface area contributed by atoms with Gasteiger partial charge in [-0.15, -0.1) is 0 Å². The van der Waals surface area contributed by atoms with Gasteiger partial charge < -0.3 is 5.32 Å². The van der Waals surface area contributed by atoms with E-state index in [4.69, 9.17) is 11.6 Å². The Morgan fingerprint density at radius 1 is 1.10 bits per heavy atom. The number of carbonyl (C=O) groups is 1. The lowest BCUT2D eigenvalue weighted by atomic mass is 9.97. The lowest BCUT2D eigenvalue weighted by Gasteiger charge is -2.13. The first-order valence-electron chi connectivity index (χ1n) is 6.69. The summed E-state index contributed by atoms with van der Waals surface area (Å²) in [6.45, 7) is 4.84. The second kappa shape index (κ2) is 6.58. The van der Waals surface area contributed by atoms with E-state index in [1.807, 2.05) is 12.1 Å². The Bertz CT molecular complexity index is 590. The van der Waals surface area contributed by atoms with Crippen molar-refractivity contribution in [3.05, 3.63) is 70.2 Å². The Balaban J connectivity index is 2.05. The van der Waals surface area contributed by atoms with Crippen LogP contribution in [0.15, 0.2) is 48.5 Å². The van der Waals surface area contributed by atoms with Crippen molar-refractivity contribution in [3.8, 4) is 0 Å². The molecule has 1 amide bonds. The molecule has 0 radical (unpaired) electrons. The molecule has 0 atom stereocenters. The molecule has 0 unspecified atom stereocenters. The van der Waals surface area contributed by atoms with Crippen molar-refractivity contribution in [2.24, 2.45) is 0 Å². The molecule has 0 aromatic heterocycles. The first-order chi connectivity index (χ1) is 9.58. The van der Waals surface area contributed by atoms with Crippen LogP contribution in [-0.4, -0.2) is 5.91 Å². The zero-order valence-corrected chi connectivity index (χ0v) is 12.4. The molecule has 2 nitrogen and oxygen atoms in total. The topological polar surface area (TPSA) is 29.1 Å². The number of rotatable bonds is 4. The Kier molecular flexibility index (Phi) is 4.80. The number of amides is 1. The number of halogens is 1. The van der Waals surface area contributed by atoms with E-state index in [1.165, 1.54) is 5.56 Å². The molecular weight excluding hydrogens is 270 g/mol. The summed E-state index contributed by atoms with van der Waals surface area (Å²) in [6.07, 6.45) is 0. The SMILES string of the molecule is CC(C)c1ccccc1CNC(=O)c1ccc(Cl)cc1. The van der Waals surface area contributed by atoms with Gasteiger partial charge in [-0.05, 0) is 41.3 Å². The smallest absolute Gasteiger partial charge is 0.251 e. The summed E-state index contributed by atoms with van der Waals surface area (Å²) in [5, 5.41) is 3.58. The largest absolute Gasteiger partial charge is 0.348 e. The van der Waals surface area contributed by atoms with Crippen LogP contribution in [0.1, 0.15) is 41.3 Å². The number of hydrogen-bond donors (Lipinski definition) is 1. The molecule has 2 aromatic carbocycles. The van der Waals surface area contributed by atoms with Crippen LogP contribution >= 0.6 is 11.6 Å². The van der Waals surface area contributed by atoms with E-state index in [0.29, 0.717) is 23.0 Å².